The van der Waals surface area contributed by atoms with Gasteiger partial charge in [-0.3, -0.25) is 14.5 Å². The number of H-pyrrole nitrogens is 1. The van der Waals surface area contributed by atoms with Gasteiger partial charge in [-0.1, -0.05) is 11.6 Å². The molecule has 1 amide bonds. The van der Waals surface area contributed by atoms with Gasteiger partial charge in [-0.15, -0.1) is 0 Å². The number of carbonyl (C=O) groups excluding carboxylic acids is 1. The van der Waals surface area contributed by atoms with E-state index in [0.29, 0.717) is 49.3 Å². The number of nitrogens with one attached hydrogen (secondary N) is 1. The summed E-state index contributed by atoms with van der Waals surface area (Å²) in [5.41, 5.74) is 0.508. The maximum atomic E-state index is 12.5. The van der Waals surface area contributed by atoms with Crippen LogP contribution >= 0.6 is 11.6 Å². The van der Waals surface area contributed by atoms with Gasteiger partial charge in [0, 0.05) is 45.0 Å². The molecule has 10 heteroatoms. The molecule has 1 saturated heterocycles. The standard InChI is InChI=1S/C16H19ClN4O4S/c1-10(22)21-6-4-20(5-7-21)9-14-15(17)16(23)12-3-2-11(26(18,24)25)8-13(12)19-14/h2-3,8H,4-7,9H2,1H3,(H,19,23)(H2,18,24,25). The van der Waals surface area contributed by atoms with Crippen molar-refractivity contribution in [1.29, 1.82) is 0 Å². The molecule has 140 valence electrons. The summed E-state index contributed by atoms with van der Waals surface area (Å²) in [7, 11) is -3.87. The van der Waals surface area contributed by atoms with Gasteiger partial charge in [-0.05, 0) is 18.2 Å². The molecule has 8 nitrogen and oxygen atoms in total. The number of halogens is 1. The van der Waals surface area contributed by atoms with Crippen LogP contribution < -0.4 is 10.6 Å². The van der Waals surface area contributed by atoms with Crippen molar-refractivity contribution in [2.45, 2.75) is 18.4 Å². The Hall–Kier alpha value is -1.94. The number of hydrogen-bond acceptors (Lipinski definition) is 5. The summed E-state index contributed by atoms with van der Waals surface area (Å²) >= 11 is 6.22. The van der Waals surface area contributed by atoms with Crippen molar-refractivity contribution in [1.82, 2.24) is 14.8 Å². The molecular formula is C16H19ClN4O4S. The van der Waals surface area contributed by atoms with Crippen molar-refractivity contribution in [3.8, 4) is 0 Å². The lowest BCUT2D eigenvalue weighted by molar-refractivity contribution is -0.130. The number of nitrogens with zero attached hydrogens (tertiary/aromatic N) is 2. The highest BCUT2D eigenvalue weighted by molar-refractivity contribution is 7.89. The third-order valence-electron chi connectivity index (χ3n) is 4.51. The average Bonchev–Trinajstić information content (AvgIpc) is 2.58. The molecule has 0 unspecified atom stereocenters. The van der Waals surface area contributed by atoms with Gasteiger partial charge in [-0.25, -0.2) is 13.6 Å². The molecule has 1 aromatic carbocycles. The zero-order valence-corrected chi connectivity index (χ0v) is 15.7. The molecular weight excluding hydrogens is 380 g/mol. The lowest BCUT2D eigenvalue weighted by Crippen LogP contribution is -2.47. The summed E-state index contributed by atoms with van der Waals surface area (Å²) in [5.74, 6) is 0.0392. The average molecular weight is 399 g/mol. The minimum absolute atomic E-state index is 0.0392. The van der Waals surface area contributed by atoms with E-state index in [1.807, 2.05) is 0 Å². The van der Waals surface area contributed by atoms with Gasteiger partial charge >= 0.3 is 0 Å². The number of piperazine rings is 1. The van der Waals surface area contributed by atoms with Crippen LogP contribution in [0.4, 0.5) is 0 Å². The smallest absolute Gasteiger partial charge is 0.238 e. The molecule has 1 aromatic heterocycles. The predicted molar refractivity (Wildman–Crippen MR) is 98.5 cm³/mol. The lowest BCUT2D eigenvalue weighted by atomic mass is 10.2. The molecule has 0 bridgehead atoms. The van der Waals surface area contributed by atoms with Gasteiger partial charge in [0.1, 0.15) is 5.02 Å². The van der Waals surface area contributed by atoms with Crippen LogP contribution in [0.15, 0.2) is 27.9 Å². The zero-order valence-electron chi connectivity index (χ0n) is 14.2. The summed E-state index contributed by atoms with van der Waals surface area (Å²) in [5, 5.41) is 5.53. The van der Waals surface area contributed by atoms with E-state index < -0.39 is 10.0 Å². The van der Waals surface area contributed by atoms with Gasteiger partial charge in [-0.2, -0.15) is 0 Å². The Labute approximate surface area is 155 Å². The largest absolute Gasteiger partial charge is 0.356 e. The highest BCUT2D eigenvalue weighted by Gasteiger charge is 2.21. The van der Waals surface area contributed by atoms with Crippen molar-refractivity contribution < 1.29 is 13.2 Å². The first-order chi connectivity index (χ1) is 12.2. The van der Waals surface area contributed by atoms with Crippen molar-refractivity contribution in [2.24, 2.45) is 5.14 Å². The number of aromatic amines is 1. The maximum Gasteiger partial charge on any atom is 0.238 e. The number of pyridine rings is 1. The van der Waals surface area contributed by atoms with Crippen molar-refractivity contribution in [3.63, 3.8) is 0 Å². The number of nitrogens with two attached hydrogens (primary N) is 1. The topological polar surface area (TPSA) is 117 Å². The van der Waals surface area contributed by atoms with E-state index in [1.165, 1.54) is 25.1 Å². The van der Waals surface area contributed by atoms with Gasteiger partial charge in [0.15, 0.2) is 0 Å². The van der Waals surface area contributed by atoms with E-state index in [9.17, 15) is 18.0 Å². The fraction of sp³-hybridized carbons (Fsp3) is 0.375. The molecule has 0 aliphatic carbocycles. The minimum atomic E-state index is -3.87. The Morgan fingerprint density at radius 1 is 1.27 bits per heavy atom. The fourth-order valence-electron chi connectivity index (χ4n) is 3.03. The van der Waals surface area contributed by atoms with E-state index in [0.717, 1.165) is 0 Å². The first-order valence-corrected chi connectivity index (χ1v) is 9.94. The van der Waals surface area contributed by atoms with Gasteiger partial charge in [0.2, 0.25) is 21.4 Å². The molecule has 3 N–H and O–H groups in total. The number of amides is 1. The number of aromatic nitrogens is 1. The van der Waals surface area contributed by atoms with Crippen molar-refractivity contribution in [3.05, 3.63) is 39.1 Å². The van der Waals surface area contributed by atoms with E-state index in [1.54, 1.807) is 4.90 Å². The van der Waals surface area contributed by atoms with E-state index in [4.69, 9.17) is 16.7 Å². The van der Waals surface area contributed by atoms with Crippen LogP contribution in [0.25, 0.3) is 10.9 Å². The van der Waals surface area contributed by atoms with E-state index >= 15 is 0 Å². The molecule has 0 radical (unpaired) electrons. The second kappa shape index (κ2) is 6.99. The Morgan fingerprint density at radius 2 is 1.92 bits per heavy atom. The first kappa shape index (κ1) is 18.8. The molecule has 0 atom stereocenters. The van der Waals surface area contributed by atoms with E-state index in [2.05, 4.69) is 9.88 Å². The second-order valence-corrected chi connectivity index (χ2v) is 8.22. The summed E-state index contributed by atoms with van der Waals surface area (Å²) in [6.07, 6.45) is 0. The summed E-state index contributed by atoms with van der Waals surface area (Å²) < 4.78 is 23.1. The minimum Gasteiger partial charge on any atom is -0.356 e. The van der Waals surface area contributed by atoms with Crippen molar-refractivity contribution >= 4 is 38.4 Å². The summed E-state index contributed by atoms with van der Waals surface area (Å²) in [4.78, 5) is 30.7. The molecule has 2 aromatic rings. The molecule has 26 heavy (non-hydrogen) atoms. The van der Waals surface area contributed by atoms with E-state index in [-0.39, 0.29) is 21.3 Å². The Bertz CT molecular complexity index is 1030. The first-order valence-electron chi connectivity index (χ1n) is 8.02. The predicted octanol–water partition coefficient (Wildman–Crippen LogP) is 0.493. The lowest BCUT2D eigenvalue weighted by Gasteiger charge is -2.34. The fourth-order valence-corrected chi connectivity index (χ4v) is 3.78. The van der Waals surface area contributed by atoms with Crippen molar-refractivity contribution in [2.75, 3.05) is 26.2 Å². The molecule has 2 heterocycles. The van der Waals surface area contributed by atoms with Crippen LogP contribution in [0.5, 0.6) is 0 Å². The maximum absolute atomic E-state index is 12.5. The number of primary sulfonamides is 1. The van der Waals surface area contributed by atoms with Crippen LogP contribution in [-0.2, 0) is 21.4 Å². The quantitative estimate of drug-likeness (QED) is 0.780. The van der Waals surface area contributed by atoms with Crippen LogP contribution in [0.3, 0.4) is 0 Å². The highest BCUT2D eigenvalue weighted by atomic mass is 35.5. The Kier molecular flexibility index (Phi) is 5.07. The van der Waals surface area contributed by atoms with Gasteiger partial charge in [0.25, 0.3) is 0 Å². The second-order valence-electron chi connectivity index (χ2n) is 6.28. The van der Waals surface area contributed by atoms with Gasteiger partial charge < -0.3 is 9.88 Å². The SMILES string of the molecule is CC(=O)N1CCN(Cc2[nH]c3cc(S(N)(=O)=O)ccc3c(=O)c2Cl)CC1. The molecule has 0 saturated carbocycles. The monoisotopic (exact) mass is 398 g/mol. The third kappa shape index (κ3) is 3.75. The summed E-state index contributed by atoms with van der Waals surface area (Å²) in [6, 6.07) is 4.01. The molecule has 3 rings (SSSR count). The molecule has 1 fully saturated rings. The molecule has 1 aliphatic heterocycles. The third-order valence-corrected chi connectivity index (χ3v) is 5.82. The van der Waals surface area contributed by atoms with Gasteiger partial charge in [0.05, 0.1) is 16.1 Å². The highest BCUT2D eigenvalue weighted by Crippen LogP contribution is 2.20. The number of hydrogen-bond donors (Lipinski definition) is 2. The number of sulfonamides is 1. The Morgan fingerprint density at radius 3 is 2.50 bits per heavy atom. The zero-order chi connectivity index (χ0) is 19.1. The number of benzene rings is 1. The number of rotatable bonds is 3. The molecule has 1 aliphatic rings. The van der Waals surface area contributed by atoms with Crippen LogP contribution in [0.2, 0.25) is 5.02 Å². The molecule has 0 spiro atoms. The Balaban J connectivity index is 1.92. The van der Waals surface area contributed by atoms with Crippen LogP contribution in [0.1, 0.15) is 12.6 Å². The van der Waals surface area contributed by atoms with Crippen LogP contribution in [-0.4, -0.2) is 55.3 Å². The number of fused-ring (bicyclic) bond motifs is 1. The normalized spacial score (nSPS) is 16.2. The number of carbonyl (C=O) groups is 1. The summed E-state index contributed by atoms with van der Waals surface area (Å²) in [6.45, 7) is 4.48. The van der Waals surface area contributed by atoms with Crippen LogP contribution in [0, 0.1) is 0 Å².